The third kappa shape index (κ3) is 3.74. The number of H-pyrrole nitrogens is 1. The minimum absolute atomic E-state index is 0.0493. The highest BCUT2D eigenvalue weighted by Gasteiger charge is 2.00. The van der Waals surface area contributed by atoms with Gasteiger partial charge in [0.1, 0.15) is 6.73 Å². The number of aromatic amines is 1. The molecule has 1 heterocycles. The lowest BCUT2D eigenvalue weighted by Gasteiger charge is -2.06. The molecule has 0 aliphatic heterocycles. The monoisotopic (exact) mass is 246 g/mol. The molecule has 16 heavy (non-hydrogen) atoms. The summed E-state index contributed by atoms with van der Waals surface area (Å²) < 4.78 is 17.1. The molecule has 7 heteroatoms. The Bertz CT molecular complexity index is 491. The van der Waals surface area contributed by atoms with Gasteiger partial charge in [-0.2, -0.15) is 0 Å². The van der Waals surface area contributed by atoms with Crippen LogP contribution in [0.1, 0.15) is 5.56 Å². The van der Waals surface area contributed by atoms with E-state index >= 15 is 0 Å². The van der Waals surface area contributed by atoms with E-state index in [1.807, 2.05) is 0 Å². The van der Waals surface area contributed by atoms with Gasteiger partial charge in [0, 0.05) is 34.6 Å². The summed E-state index contributed by atoms with van der Waals surface area (Å²) in [5.41, 5.74) is -0.452. The molecule has 1 rings (SSSR count). The van der Waals surface area contributed by atoms with E-state index in [1.165, 1.54) is 10.8 Å². The summed E-state index contributed by atoms with van der Waals surface area (Å²) in [6.07, 6.45) is 3.02. The Hall–Kier alpha value is -1.21. The van der Waals surface area contributed by atoms with Gasteiger partial charge in [0.25, 0.3) is 5.56 Å². The number of hydrogen-bond donors (Lipinski definition) is 1. The van der Waals surface area contributed by atoms with Crippen LogP contribution in [0.25, 0.3) is 0 Å². The summed E-state index contributed by atoms with van der Waals surface area (Å²) in [4.78, 5) is 24.5. The summed E-state index contributed by atoms with van der Waals surface area (Å²) >= 11 is 0. The smallest absolute Gasteiger partial charge is 0.330 e. The largest absolute Gasteiger partial charge is 0.360 e. The topological polar surface area (TPSA) is 81.2 Å². The molecule has 1 aromatic heterocycles. The van der Waals surface area contributed by atoms with Crippen molar-refractivity contribution in [3.63, 3.8) is 0 Å². The first-order valence-corrected chi connectivity index (χ1v) is 6.41. The fourth-order valence-corrected chi connectivity index (χ4v) is 1.41. The molecule has 0 aliphatic rings. The number of hydrogen-bond acceptors (Lipinski definition) is 4. The van der Waals surface area contributed by atoms with Gasteiger partial charge in [-0.15, -0.1) is 0 Å². The maximum Gasteiger partial charge on any atom is 0.330 e. The third-order valence-corrected chi connectivity index (χ3v) is 2.68. The predicted octanol–water partition coefficient (Wildman–Crippen LogP) is -0.802. The summed E-state index contributed by atoms with van der Waals surface area (Å²) in [5, 5.41) is 0. The Morgan fingerprint density at radius 2 is 2.19 bits per heavy atom. The summed E-state index contributed by atoms with van der Waals surface area (Å²) in [6, 6.07) is 0. The lowest BCUT2D eigenvalue weighted by molar-refractivity contribution is 0.0858. The second-order valence-electron chi connectivity index (χ2n) is 3.36. The average molecular weight is 246 g/mol. The predicted molar refractivity (Wildman–Crippen MR) is 60.9 cm³/mol. The van der Waals surface area contributed by atoms with Crippen LogP contribution in [0.5, 0.6) is 0 Å². The average Bonchev–Trinajstić information content (AvgIpc) is 2.19. The van der Waals surface area contributed by atoms with Crippen LogP contribution in [0.4, 0.5) is 0 Å². The van der Waals surface area contributed by atoms with E-state index in [1.54, 1.807) is 13.2 Å². The van der Waals surface area contributed by atoms with E-state index in [9.17, 15) is 13.8 Å². The highest BCUT2D eigenvalue weighted by atomic mass is 32.2. The highest BCUT2D eigenvalue weighted by Crippen LogP contribution is 1.86. The van der Waals surface area contributed by atoms with Gasteiger partial charge < -0.3 is 4.74 Å². The minimum Gasteiger partial charge on any atom is -0.360 e. The van der Waals surface area contributed by atoms with E-state index < -0.39 is 22.0 Å². The van der Waals surface area contributed by atoms with Crippen LogP contribution < -0.4 is 11.2 Å². The maximum absolute atomic E-state index is 11.3. The molecular weight excluding hydrogens is 232 g/mol. The molecule has 0 amide bonds. The van der Waals surface area contributed by atoms with Crippen LogP contribution >= 0.6 is 0 Å². The second-order valence-corrected chi connectivity index (χ2v) is 4.91. The van der Waals surface area contributed by atoms with Crippen molar-refractivity contribution in [2.24, 2.45) is 0 Å². The van der Waals surface area contributed by atoms with Crippen molar-refractivity contribution in [2.45, 2.75) is 13.7 Å². The summed E-state index contributed by atoms with van der Waals surface area (Å²) in [6.45, 7) is 1.97. The molecule has 0 saturated heterocycles. The van der Waals surface area contributed by atoms with Crippen molar-refractivity contribution in [3.05, 3.63) is 32.6 Å². The molecule has 0 saturated carbocycles. The molecule has 0 aromatic carbocycles. The minimum atomic E-state index is -0.907. The molecule has 1 atom stereocenters. The van der Waals surface area contributed by atoms with Crippen LogP contribution in [0, 0.1) is 6.92 Å². The van der Waals surface area contributed by atoms with Crippen molar-refractivity contribution in [3.8, 4) is 0 Å². The Kier molecular flexibility index (Phi) is 4.63. The van der Waals surface area contributed by atoms with E-state index in [-0.39, 0.29) is 6.73 Å². The van der Waals surface area contributed by atoms with Crippen molar-refractivity contribution in [1.82, 2.24) is 9.55 Å². The molecule has 1 unspecified atom stereocenters. The molecule has 0 bridgehead atoms. The van der Waals surface area contributed by atoms with Crippen molar-refractivity contribution in [1.29, 1.82) is 0 Å². The van der Waals surface area contributed by atoms with Crippen LogP contribution in [0.2, 0.25) is 0 Å². The summed E-state index contributed by atoms with van der Waals surface area (Å²) in [5.74, 6) is 0.428. The van der Waals surface area contributed by atoms with E-state index in [2.05, 4.69) is 4.98 Å². The maximum atomic E-state index is 11.3. The molecule has 1 N–H and O–H groups in total. The fourth-order valence-electron chi connectivity index (χ4n) is 1.05. The van der Waals surface area contributed by atoms with Gasteiger partial charge in [-0.1, -0.05) is 0 Å². The molecule has 90 valence electrons. The first-order valence-electron chi connectivity index (χ1n) is 4.69. The van der Waals surface area contributed by atoms with Crippen molar-refractivity contribution >= 4 is 10.8 Å². The van der Waals surface area contributed by atoms with Gasteiger partial charge in [0.15, 0.2) is 0 Å². The van der Waals surface area contributed by atoms with Crippen LogP contribution in [-0.2, 0) is 22.3 Å². The molecule has 0 aliphatic carbocycles. The van der Waals surface area contributed by atoms with E-state index in [4.69, 9.17) is 4.74 Å². The first-order chi connectivity index (χ1) is 7.50. The van der Waals surface area contributed by atoms with Crippen LogP contribution in [-0.4, -0.2) is 32.4 Å². The number of ether oxygens (including phenoxy) is 1. The van der Waals surface area contributed by atoms with E-state index in [0.29, 0.717) is 17.9 Å². The van der Waals surface area contributed by atoms with Gasteiger partial charge in [-0.3, -0.25) is 18.6 Å². The molecule has 6 nitrogen and oxygen atoms in total. The lowest BCUT2D eigenvalue weighted by atomic mass is 10.4. The second kappa shape index (κ2) is 5.76. The van der Waals surface area contributed by atoms with Gasteiger partial charge in [-0.05, 0) is 6.92 Å². The van der Waals surface area contributed by atoms with Gasteiger partial charge in [0.05, 0.1) is 6.61 Å². The van der Waals surface area contributed by atoms with Crippen molar-refractivity contribution in [2.75, 3.05) is 18.6 Å². The standard InChI is InChI=1S/C9H14N2O4S/c1-7-5-11(9(13)10-8(7)12)6-15-3-4-16(2)14/h5H,3-4,6H2,1-2H3,(H,10,12,13). The number of nitrogens with one attached hydrogen (secondary N) is 1. The molecule has 0 radical (unpaired) electrons. The Balaban J connectivity index is 2.61. The zero-order valence-corrected chi connectivity index (χ0v) is 10.0. The Labute approximate surface area is 94.7 Å². The third-order valence-electron chi connectivity index (χ3n) is 1.93. The lowest BCUT2D eigenvalue weighted by Crippen LogP contribution is -2.31. The van der Waals surface area contributed by atoms with E-state index in [0.717, 1.165) is 0 Å². The van der Waals surface area contributed by atoms with Crippen LogP contribution in [0.3, 0.4) is 0 Å². The zero-order chi connectivity index (χ0) is 12.1. The number of nitrogens with zero attached hydrogens (tertiary/aromatic N) is 1. The fraction of sp³-hybridized carbons (Fsp3) is 0.556. The van der Waals surface area contributed by atoms with Gasteiger partial charge in [-0.25, -0.2) is 4.79 Å². The Morgan fingerprint density at radius 3 is 2.81 bits per heavy atom. The number of aryl methyl sites for hydroxylation is 1. The SMILES string of the molecule is Cc1cn(COCCS(C)=O)c(=O)[nH]c1=O. The number of aromatic nitrogens is 2. The number of rotatable bonds is 5. The van der Waals surface area contributed by atoms with Gasteiger partial charge >= 0.3 is 5.69 Å². The van der Waals surface area contributed by atoms with Crippen molar-refractivity contribution < 1.29 is 8.95 Å². The first kappa shape index (κ1) is 12.9. The molecule has 0 spiro atoms. The molecule has 1 aromatic rings. The molecule has 0 fully saturated rings. The van der Waals surface area contributed by atoms with Gasteiger partial charge in [0.2, 0.25) is 0 Å². The highest BCUT2D eigenvalue weighted by molar-refractivity contribution is 7.84. The van der Waals surface area contributed by atoms with Crippen LogP contribution in [0.15, 0.2) is 15.8 Å². The summed E-state index contributed by atoms with van der Waals surface area (Å²) in [7, 11) is -0.907. The quantitative estimate of drug-likeness (QED) is 0.689. The zero-order valence-electron chi connectivity index (χ0n) is 9.19. The molecular formula is C9H14N2O4S. The Morgan fingerprint density at radius 1 is 1.50 bits per heavy atom. The normalized spacial score (nSPS) is 12.6.